The summed E-state index contributed by atoms with van der Waals surface area (Å²) in [6, 6.07) is 10.5. The van der Waals surface area contributed by atoms with Crippen LogP contribution in [0.2, 0.25) is 0 Å². The topological polar surface area (TPSA) is 6.48 Å². The van der Waals surface area contributed by atoms with E-state index in [1.807, 2.05) is 25.1 Å². The van der Waals surface area contributed by atoms with E-state index >= 15 is 0 Å². The van der Waals surface area contributed by atoms with Gasteiger partial charge < -0.3 is 9.80 Å². The van der Waals surface area contributed by atoms with Crippen LogP contribution in [0.25, 0.3) is 0 Å². The molecule has 0 spiro atoms. The monoisotopic (exact) mass is 266 g/mol. The summed E-state index contributed by atoms with van der Waals surface area (Å²) in [5.41, 5.74) is 2.41. The number of benzene rings is 1. The molecular weight excluding hydrogens is 244 g/mol. The first-order chi connectivity index (χ1) is 9.77. The molecule has 1 aromatic rings. The van der Waals surface area contributed by atoms with E-state index in [9.17, 15) is 0 Å². The van der Waals surface area contributed by atoms with Crippen molar-refractivity contribution in [3.8, 4) is 0 Å². The minimum Gasteiger partial charge on any atom is -0.326 e. The molecule has 0 saturated heterocycles. The number of nitrogens with zero attached hydrogens (tertiary/aromatic N) is 2. The molecule has 1 atom stereocenters. The molecular formula is C18H22N2. The van der Waals surface area contributed by atoms with E-state index in [0.717, 1.165) is 0 Å². The van der Waals surface area contributed by atoms with Gasteiger partial charge in [0.15, 0.2) is 0 Å². The Morgan fingerprint density at radius 3 is 2.45 bits per heavy atom. The Balaban J connectivity index is 2.15. The number of anilines is 1. The van der Waals surface area contributed by atoms with Crippen molar-refractivity contribution in [2.75, 3.05) is 4.90 Å². The molecule has 0 saturated carbocycles. The molecule has 1 aliphatic heterocycles. The molecule has 104 valence electrons. The van der Waals surface area contributed by atoms with Crippen LogP contribution in [0.3, 0.4) is 0 Å². The van der Waals surface area contributed by atoms with Crippen molar-refractivity contribution in [2.24, 2.45) is 0 Å². The second-order valence-electron chi connectivity index (χ2n) is 4.68. The fraction of sp³-hybridized carbons (Fsp3) is 0.222. The smallest absolute Gasteiger partial charge is 0.107 e. The van der Waals surface area contributed by atoms with Crippen LogP contribution in [0.1, 0.15) is 20.8 Å². The third-order valence-electron chi connectivity index (χ3n) is 3.41. The summed E-state index contributed by atoms with van der Waals surface area (Å²) in [5.74, 6) is 0. The molecule has 1 heterocycles. The lowest BCUT2D eigenvalue weighted by Crippen LogP contribution is -2.35. The van der Waals surface area contributed by atoms with Gasteiger partial charge >= 0.3 is 0 Å². The number of hydrogen-bond donors (Lipinski definition) is 0. The highest BCUT2D eigenvalue weighted by atomic mass is 15.4. The Kier molecular flexibility index (Phi) is 4.83. The molecule has 0 unspecified atom stereocenters. The summed E-state index contributed by atoms with van der Waals surface area (Å²) in [4.78, 5) is 4.54. The Morgan fingerprint density at radius 1 is 1.05 bits per heavy atom. The predicted octanol–water partition coefficient (Wildman–Crippen LogP) is 4.66. The maximum Gasteiger partial charge on any atom is 0.107 e. The third kappa shape index (κ3) is 3.02. The van der Waals surface area contributed by atoms with Gasteiger partial charge in [-0.05, 0) is 39.0 Å². The Labute approximate surface area is 122 Å². The number of rotatable bonds is 4. The molecule has 2 heteroatoms. The van der Waals surface area contributed by atoms with E-state index in [-0.39, 0.29) is 6.17 Å². The molecule has 0 N–H and O–H groups in total. The summed E-state index contributed by atoms with van der Waals surface area (Å²) in [7, 11) is 0. The lowest BCUT2D eigenvalue weighted by molar-refractivity contribution is 0.401. The van der Waals surface area contributed by atoms with Crippen molar-refractivity contribution in [3.63, 3.8) is 0 Å². The number of para-hydroxylation sites is 1. The van der Waals surface area contributed by atoms with Gasteiger partial charge in [-0.3, -0.25) is 0 Å². The highest BCUT2D eigenvalue weighted by Gasteiger charge is 2.24. The summed E-state index contributed by atoms with van der Waals surface area (Å²) < 4.78 is 0. The van der Waals surface area contributed by atoms with Gasteiger partial charge in [0, 0.05) is 23.8 Å². The second-order valence-corrected chi connectivity index (χ2v) is 4.68. The molecule has 0 amide bonds. The highest BCUT2D eigenvalue weighted by molar-refractivity contribution is 5.52. The number of allylic oxidation sites excluding steroid dienone is 5. The van der Waals surface area contributed by atoms with Crippen LogP contribution in [0, 0.1) is 0 Å². The van der Waals surface area contributed by atoms with Crippen LogP contribution in [-0.4, -0.2) is 11.1 Å². The maximum atomic E-state index is 2.27. The largest absolute Gasteiger partial charge is 0.326 e. The molecule has 0 aliphatic carbocycles. The van der Waals surface area contributed by atoms with Crippen molar-refractivity contribution in [1.82, 2.24) is 4.90 Å². The zero-order valence-corrected chi connectivity index (χ0v) is 12.4. The molecule has 2 nitrogen and oxygen atoms in total. The molecule has 20 heavy (non-hydrogen) atoms. The fourth-order valence-corrected chi connectivity index (χ4v) is 2.33. The lowest BCUT2D eigenvalue weighted by atomic mass is 10.2. The highest BCUT2D eigenvalue weighted by Crippen LogP contribution is 2.27. The first-order valence-electron chi connectivity index (χ1n) is 7.03. The zero-order chi connectivity index (χ0) is 14.4. The van der Waals surface area contributed by atoms with Crippen LogP contribution in [0.5, 0.6) is 0 Å². The van der Waals surface area contributed by atoms with Gasteiger partial charge in [-0.2, -0.15) is 0 Å². The van der Waals surface area contributed by atoms with E-state index < -0.39 is 0 Å². The summed E-state index contributed by atoms with van der Waals surface area (Å²) >= 11 is 0. The Bertz CT molecular complexity index is 538. The van der Waals surface area contributed by atoms with Crippen molar-refractivity contribution in [1.29, 1.82) is 0 Å². The second kappa shape index (κ2) is 6.80. The van der Waals surface area contributed by atoms with E-state index in [0.29, 0.717) is 0 Å². The average Bonchev–Trinajstić information content (AvgIpc) is 2.86. The molecule has 2 rings (SSSR count). The van der Waals surface area contributed by atoms with E-state index in [4.69, 9.17) is 0 Å². The average molecular weight is 266 g/mol. The number of hydrogen-bond acceptors (Lipinski definition) is 2. The molecule has 1 aliphatic rings. The predicted molar refractivity (Wildman–Crippen MR) is 87.1 cm³/mol. The minimum absolute atomic E-state index is 0.277. The van der Waals surface area contributed by atoms with Gasteiger partial charge in [0.2, 0.25) is 0 Å². The van der Waals surface area contributed by atoms with Crippen LogP contribution in [0.15, 0.2) is 78.8 Å². The molecule has 0 bridgehead atoms. The Morgan fingerprint density at radius 2 is 1.80 bits per heavy atom. The quantitative estimate of drug-likeness (QED) is 0.731. The van der Waals surface area contributed by atoms with Gasteiger partial charge in [-0.25, -0.2) is 0 Å². The van der Waals surface area contributed by atoms with Crippen molar-refractivity contribution >= 4 is 5.69 Å². The van der Waals surface area contributed by atoms with Gasteiger partial charge in [-0.1, -0.05) is 42.5 Å². The molecule has 0 radical (unpaired) electrons. The Hall–Kier alpha value is -2.22. The van der Waals surface area contributed by atoms with Crippen molar-refractivity contribution in [2.45, 2.75) is 26.9 Å². The standard InChI is InChI=1S/C18H22N2/c1-4-6-8-11-17(5-2)19-14-15-20(16(19)3)18-12-9-7-10-13-18/h4-16H,1-3H3/b6-4-,11-8-,17-5-/t16-/m0/s1. The van der Waals surface area contributed by atoms with Gasteiger partial charge in [0.1, 0.15) is 6.17 Å². The van der Waals surface area contributed by atoms with E-state index in [2.05, 4.69) is 78.5 Å². The van der Waals surface area contributed by atoms with Gasteiger partial charge in [0.25, 0.3) is 0 Å². The van der Waals surface area contributed by atoms with Crippen LogP contribution < -0.4 is 4.90 Å². The summed E-state index contributed by atoms with van der Waals surface area (Å²) in [5, 5.41) is 0. The van der Waals surface area contributed by atoms with E-state index in [1.165, 1.54) is 11.4 Å². The SMILES string of the molecule is C\C=C/C=C\C(=C\C)N1C=CN(c2ccccc2)[C@H]1C. The molecule has 0 fully saturated rings. The lowest BCUT2D eigenvalue weighted by Gasteiger charge is -2.30. The van der Waals surface area contributed by atoms with E-state index in [1.54, 1.807) is 0 Å². The third-order valence-corrected chi connectivity index (χ3v) is 3.41. The van der Waals surface area contributed by atoms with Crippen LogP contribution >= 0.6 is 0 Å². The molecule has 1 aromatic carbocycles. The summed E-state index contributed by atoms with van der Waals surface area (Å²) in [6.07, 6.45) is 15.0. The molecule has 0 aromatic heterocycles. The normalized spacial score (nSPS) is 19.8. The van der Waals surface area contributed by atoms with Gasteiger partial charge in [0.05, 0.1) is 0 Å². The van der Waals surface area contributed by atoms with Crippen molar-refractivity contribution in [3.05, 3.63) is 78.8 Å². The summed E-state index contributed by atoms with van der Waals surface area (Å²) in [6.45, 7) is 6.30. The van der Waals surface area contributed by atoms with Crippen LogP contribution in [-0.2, 0) is 0 Å². The maximum absolute atomic E-state index is 2.27. The van der Waals surface area contributed by atoms with Gasteiger partial charge in [-0.15, -0.1) is 0 Å². The fourth-order valence-electron chi connectivity index (χ4n) is 2.33. The first-order valence-corrected chi connectivity index (χ1v) is 7.03. The zero-order valence-electron chi connectivity index (χ0n) is 12.4. The van der Waals surface area contributed by atoms with Crippen molar-refractivity contribution < 1.29 is 0 Å². The minimum atomic E-state index is 0.277. The van der Waals surface area contributed by atoms with Crippen LogP contribution in [0.4, 0.5) is 5.69 Å². The first kappa shape index (κ1) is 14.2.